The van der Waals surface area contributed by atoms with Crippen LogP contribution in [0.1, 0.15) is 34.9 Å². The second kappa shape index (κ2) is 14.2. The maximum Gasteiger partial charge on any atom is 0.253 e. The number of benzene rings is 3. The molecule has 0 aliphatic carbocycles. The second-order valence-corrected chi connectivity index (χ2v) is 10.6. The number of amides is 2. The minimum Gasteiger partial charge on any atom is -0.457 e. The van der Waals surface area contributed by atoms with E-state index in [1.807, 2.05) is 83.4 Å². The SMILES string of the molecule is CN(CCc1ccccn1)C(=O)c1ccc2c(c1)nc(-c1ccc(Oc3ccccc3)cc1)n2[C@H](CCCN=C(N)N)C(N)=O. The molecule has 0 fully saturated rings. The van der Waals surface area contributed by atoms with E-state index in [2.05, 4.69) is 9.98 Å². The van der Waals surface area contributed by atoms with Crippen molar-refractivity contribution in [1.29, 1.82) is 0 Å². The van der Waals surface area contributed by atoms with E-state index < -0.39 is 11.9 Å². The number of rotatable bonds is 13. The number of hydrogen-bond donors (Lipinski definition) is 3. The summed E-state index contributed by atoms with van der Waals surface area (Å²) in [6.07, 6.45) is 3.28. The molecule has 3 aromatic carbocycles. The maximum absolute atomic E-state index is 13.4. The third kappa shape index (κ3) is 7.63. The van der Waals surface area contributed by atoms with Crippen molar-refractivity contribution in [3.8, 4) is 22.9 Å². The fourth-order valence-electron chi connectivity index (χ4n) is 5.09. The number of carbonyl (C=O) groups excluding carboxylic acids is 2. The Hall–Kier alpha value is -5.71. The molecule has 11 nitrogen and oxygen atoms in total. The van der Waals surface area contributed by atoms with Gasteiger partial charge in [-0.1, -0.05) is 24.3 Å². The van der Waals surface area contributed by atoms with E-state index in [0.29, 0.717) is 66.3 Å². The largest absolute Gasteiger partial charge is 0.457 e. The molecule has 6 N–H and O–H groups in total. The van der Waals surface area contributed by atoms with Gasteiger partial charge in [0.1, 0.15) is 23.4 Å². The molecule has 2 aromatic heterocycles. The molecule has 5 aromatic rings. The van der Waals surface area contributed by atoms with Crippen LogP contribution in [0.5, 0.6) is 11.5 Å². The first-order valence-corrected chi connectivity index (χ1v) is 14.7. The number of aliphatic imine (C=N–C) groups is 1. The van der Waals surface area contributed by atoms with E-state index in [1.54, 1.807) is 30.3 Å². The first-order chi connectivity index (χ1) is 21.8. The molecule has 0 unspecified atom stereocenters. The first-order valence-electron chi connectivity index (χ1n) is 14.7. The summed E-state index contributed by atoms with van der Waals surface area (Å²) >= 11 is 0. The Balaban J connectivity index is 1.47. The lowest BCUT2D eigenvalue weighted by molar-refractivity contribution is -0.121. The molecule has 0 bridgehead atoms. The predicted molar refractivity (Wildman–Crippen MR) is 175 cm³/mol. The van der Waals surface area contributed by atoms with Crippen molar-refractivity contribution < 1.29 is 14.3 Å². The zero-order valence-corrected chi connectivity index (χ0v) is 25.0. The van der Waals surface area contributed by atoms with Crippen molar-refractivity contribution in [2.75, 3.05) is 20.1 Å². The highest BCUT2D eigenvalue weighted by Crippen LogP contribution is 2.33. The van der Waals surface area contributed by atoms with Crippen LogP contribution in [0.25, 0.3) is 22.4 Å². The number of imidazole rings is 1. The van der Waals surface area contributed by atoms with E-state index in [1.165, 1.54) is 0 Å². The highest BCUT2D eigenvalue weighted by Gasteiger charge is 2.25. The fourth-order valence-corrected chi connectivity index (χ4v) is 5.09. The number of hydrogen-bond acceptors (Lipinski definition) is 6. The van der Waals surface area contributed by atoms with Gasteiger partial charge in [0.2, 0.25) is 5.91 Å². The predicted octanol–water partition coefficient (Wildman–Crippen LogP) is 4.29. The number of ether oxygens (including phenoxy) is 1. The number of para-hydroxylation sites is 1. The summed E-state index contributed by atoms with van der Waals surface area (Å²) in [5.41, 5.74) is 20.3. The molecular weight excluding hydrogens is 568 g/mol. The number of likely N-dealkylation sites (N-methyl/N-ethyl adjacent to an activating group) is 1. The molecule has 1 atom stereocenters. The number of fused-ring (bicyclic) bond motifs is 1. The number of carbonyl (C=O) groups is 2. The van der Waals surface area contributed by atoms with Crippen LogP contribution in [0.15, 0.2) is 102 Å². The molecule has 0 radical (unpaired) electrons. The molecule has 230 valence electrons. The quantitative estimate of drug-likeness (QED) is 0.102. The minimum absolute atomic E-state index is 0.0144. The lowest BCUT2D eigenvalue weighted by Gasteiger charge is -2.19. The van der Waals surface area contributed by atoms with E-state index in [9.17, 15) is 9.59 Å². The Labute approximate surface area is 261 Å². The van der Waals surface area contributed by atoms with Crippen LogP contribution >= 0.6 is 0 Å². The van der Waals surface area contributed by atoms with Gasteiger partial charge in [-0.25, -0.2) is 4.98 Å². The Morgan fingerprint density at radius 1 is 0.933 bits per heavy atom. The molecule has 0 aliphatic heterocycles. The number of pyridine rings is 1. The van der Waals surface area contributed by atoms with Crippen molar-refractivity contribution in [2.24, 2.45) is 22.2 Å². The number of primary amides is 1. The molecule has 0 aliphatic rings. The highest BCUT2D eigenvalue weighted by molar-refractivity contribution is 5.98. The normalized spacial score (nSPS) is 11.6. The van der Waals surface area contributed by atoms with Gasteiger partial charge in [-0.05, 0) is 79.6 Å². The van der Waals surface area contributed by atoms with E-state index in [4.69, 9.17) is 26.9 Å². The molecule has 5 rings (SSSR count). The lowest BCUT2D eigenvalue weighted by atomic mass is 10.1. The third-order valence-corrected chi connectivity index (χ3v) is 7.37. The van der Waals surface area contributed by atoms with Gasteiger partial charge in [0.05, 0.1) is 11.0 Å². The maximum atomic E-state index is 13.4. The van der Waals surface area contributed by atoms with Gasteiger partial charge in [-0.3, -0.25) is 19.6 Å². The Bertz CT molecular complexity index is 1780. The van der Waals surface area contributed by atoms with Crippen LogP contribution in [-0.2, 0) is 11.2 Å². The summed E-state index contributed by atoms with van der Waals surface area (Å²) in [5.74, 6) is 1.23. The summed E-state index contributed by atoms with van der Waals surface area (Å²) in [5, 5.41) is 0. The number of aromatic nitrogens is 3. The second-order valence-electron chi connectivity index (χ2n) is 10.6. The summed E-state index contributed by atoms with van der Waals surface area (Å²) in [4.78, 5) is 41.2. The summed E-state index contributed by atoms with van der Waals surface area (Å²) < 4.78 is 7.79. The van der Waals surface area contributed by atoms with E-state index in [-0.39, 0.29) is 11.9 Å². The van der Waals surface area contributed by atoms with Gasteiger partial charge in [0.15, 0.2) is 5.96 Å². The number of guanidine groups is 1. The molecule has 0 saturated heterocycles. The van der Waals surface area contributed by atoms with Gasteiger partial charge < -0.3 is 31.4 Å². The van der Waals surface area contributed by atoms with Gasteiger partial charge in [0.25, 0.3) is 5.91 Å². The Morgan fingerprint density at radius 2 is 1.67 bits per heavy atom. The van der Waals surface area contributed by atoms with Crippen molar-refractivity contribution >= 4 is 28.8 Å². The van der Waals surface area contributed by atoms with Crippen LogP contribution in [0.3, 0.4) is 0 Å². The molecule has 2 heterocycles. The van der Waals surface area contributed by atoms with Crippen LogP contribution < -0.4 is 21.9 Å². The van der Waals surface area contributed by atoms with E-state index in [0.717, 1.165) is 11.3 Å². The zero-order valence-electron chi connectivity index (χ0n) is 25.0. The monoisotopic (exact) mass is 604 g/mol. The minimum atomic E-state index is -0.734. The highest BCUT2D eigenvalue weighted by atomic mass is 16.5. The standard InChI is InChI=1S/C34H36N8O3/c1-41(21-18-25-8-5-6-19-38-25)33(44)24-14-17-29-28(22-24)40-32(42(29)30(31(35)43)11-7-20-39-34(36)37)23-12-15-27(16-13-23)45-26-9-3-2-4-10-26/h2-6,8-10,12-17,19,22,30H,7,11,18,20-21H2,1H3,(H2,35,43)(H4,36,37,39)/t30-/m1/s1. The van der Waals surface area contributed by atoms with Crippen LogP contribution in [0.4, 0.5) is 0 Å². The zero-order chi connectivity index (χ0) is 31.8. The van der Waals surface area contributed by atoms with Crippen LogP contribution in [0, 0.1) is 0 Å². The Morgan fingerprint density at radius 3 is 2.36 bits per heavy atom. The molecule has 0 saturated carbocycles. The number of nitrogens with zero attached hydrogens (tertiary/aromatic N) is 5. The molecule has 2 amide bonds. The lowest BCUT2D eigenvalue weighted by Crippen LogP contribution is -2.29. The van der Waals surface area contributed by atoms with Gasteiger partial charge in [-0.15, -0.1) is 0 Å². The van der Waals surface area contributed by atoms with Crippen molar-refractivity contribution in [1.82, 2.24) is 19.4 Å². The van der Waals surface area contributed by atoms with Crippen molar-refractivity contribution in [2.45, 2.75) is 25.3 Å². The number of nitrogens with two attached hydrogens (primary N) is 3. The van der Waals surface area contributed by atoms with Crippen molar-refractivity contribution in [3.63, 3.8) is 0 Å². The topological polar surface area (TPSA) is 168 Å². The summed E-state index contributed by atoms with van der Waals surface area (Å²) in [7, 11) is 1.76. The molecule has 11 heteroatoms. The average Bonchev–Trinajstić information content (AvgIpc) is 3.42. The summed E-state index contributed by atoms with van der Waals surface area (Å²) in [6.45, 7) is 0.855. The third-order valence-electron chi connectivity index (χ3n) is 7.37. The average molecular weight is 605 g/mol. The van der Waals surface area contributed by atoms with E-state index >= 15 is 0 Å². The van der Waals surface area contributed by atoms with Gasteiger partial charge >= 0.3 is 0 Å². The first kappa shape index (κ1) is 30.7. The van der Waals surface area contributed by atoms with Crippen LogP contribution in [0.2, 0.25) is 0 Å². The molecule has 45 heavy (non-hydrogen) atoms. The molecule has 0 spiro atoms. The smallest absolute Gasteiger partial charge is 0.253 e. The van der Waals surface area contributed by atoms with Crippen LogP contribution in [-0.4, -0.2) is 57.3 Å². The van der Waals surface area contributed by atoms with Gasteiger partial charge in [0, 0.05) is 49.6 Å². The summed E-state index contributed by atoms with van der Waals surface area (Å²) in [6, 6.07) is 27.2. The van der Waals surface area contributed by atoms with Gasteiger partial charge in [-0.2, -0.15) is 0 Å². The Kier molecular flexibility index (Phi) is 9.68. The molecular formula is C34H36N8O3. The van der Waals surface area contributed by atoms with Crippen molar-refractivity contribution in [3.05, 3.63) is 108 Å². The fraction of sp³-hybridized carbons (Fsp3) is 0.206.